The Balaban J connectivity index is 1.51. The molecule has 3 aromatic heterocycles. The Morgan fingerprint density at radius 2 is 1.96 bits per heavy atom. The molecule has 0 amide bonds. The lowest BCUT2D eigenvalue weighted by Crippen LogP contribution is -2.08. The highest BCUT2D eigenvalue weighted by atomic mass is 15.3. The summed E-state index contributed by atoms with van der Waals surface area (Å²) >= 11 is 0. The fourth-order valence-electron chi connectivity index (χ4n) is 3.69. The average molecular weight is 371 g/mol. The summed E-state index contributed by atoms with van der Waals surface area (Å²) in [4.78, 5) is 13.6. The molecule has 0 saturated carbocycles. The molecule has 140 valence electrons. The van der Waals surface area contributed by atoms with E-state index in [1.807, 2.05) is 23.9 Å². The van der Waals surface area contributed by atoms with E-state index < -0.39 is 0 Å². The van der Waals surface area contributed by atoms with Gasteiger partial charge in [0.15, 0.2) is 5.82 Å². The number of nitrogens with one attached hydrogen (secondary N) is 2. The van der Waals surface area contributed by atoms with E-state index in [4.69, 9.17) is 15.1 Å². The number of fused-ring (bicyclic) bond motifs is 2. The Labute approximate surface area is 162 Å². The van der Waals surface area contributed by atoms with Crippen LogP contribution in [-0.4, -0.2) is 24.7 Å². The molecule has 0 saturated heterocycles. The summed E-state index contributed by atoms with van der Waals surface area (Å²) in [7, 11) is 1.98. The second-order valence-electron chi connectivity index (χ2n) is 7.10. The summed E-state index contributed by atoms with van der Waals surface area (Å²) in [5, 5.41) is 12.8. The van der Waals surface area contributed by atoms with Crippen LogP contribution in [0.3, 0.4) is 0 Å². The van der Waals surface area contributed by atoms with E-state index in [9.17, 15) is 0 Å². The van der Waals surface area contributed by atoms with Crippen molar-refractivity contribution in [3.05, 3.63) is 65.2 Å². The predicted molar refractivity (Wildman–Crippen MR) is 109 cm³/mol. The van der Waals surface area contributed by atoms with E-state index in [2.05, 4.69) is 40.7 Å². The van der Waals surface area contributed by atoms with Crippen molar-refractivity contribution in [3.63, 3.8) is 0 Å². The summed E-state index contributed by atoms with van der Waals surface area (Å²) in [6, 6.07) is 10.3. The Hall–Kier alpha value is -3.32. The molecule has 4 heterocycles. The minimum Gasteiger partial charge on any atom is -0.364 e. The molecule has 2 N–H and O–H groups in total. The molecular weight excluding hydrogens is 350 g/mol. The maximum absolute atomic E-state index is 4.81. The van der Waals surface area contributed by atoms with Crippen molar-refractivity contribution in [2.75, 3.05) is 5.32 Å². The smallest absolute Gasteiger partial charge is 0.161 e. The van der Waals surface area contributed by atoms with Crippen LogP contribution in [0, 0.1) is 6.92 Å². The number of hydrogen-bond acceptors (Lipinski definition) is 6. The molecule has 4 aromatic rings. The van der Waals surface area contributed by atoms with E-state index in [-0.39, 0.29) is 0 Å². The molecule has 0 atom stereocenters. The number of rotatable bonds is 4. The summed E-state index contributed by atoms with van der Waals surface area (Å²) in [5.41, 5.74) is 6.53. The van der Waals surface area contributed by atoms with E-state index in [0.717, 1.165) is 46.9 Å². The normalized spacial score (nSPS) is 13.1. The number of pyridine rings is 1. The van der Waals surface area contributed by atoms with Crippen molar-refractivity contribution in [2.24, 2.45) is 7.05 Å². The first kappa shape index (κ1) is 16.8. The maximum atomic E-state index is 4.81. The molecule has 0 spiro atoms. The van der Waals surface area contributed by atoms with Gasteiger partial charge in [-0.15, -0.1) is 0 Å². The molecule has 0 unspecified atom stereocenters. The zero-order chi connectivity index (χ0) is 19.1. The second-order valence-corrected chi connectivity index (χ2v) is 7.10. The van der Waals surface area contributed by atoms with Gasteiger partial charge in [-0.25, -0.2) is 9.97 Å². The predicted octanol–water partition coefficient (Wildman–Crippen LogP) is 2.95. The topological polar surface area (TPSA) is 80.6 Å². The third kappa shape index (κ3) is 2.90. The van der Waals surface area contributed by atoms with Crippen molar-refractivity contribution in [1.29, 1.82) is 0 Å². The number of benzene rings is 1. The number of nitrogens with zero attached hydrogens (tertiary/aromatic N) is 5. The molecule has 1 aromatic carbocycles. The van der Waals surface area contributed by atoms with Gasteiger partial charge < -0.3 is 10.6 Å². The molecule has 7 nitrogen and oxygen atoms in total. The number of aromatic nitrogens is 5. The van der Waals surface area contributed by atoms with Gasteiger partial charge in [0, 0.05) is 49.0 Å². The monoisotopic (exact) mass is 371 g/mol. The summed E-state index contributed by atoms with van der Waals surface area (Å²) in [5.74, 6) is 1.59. The third-order valence-corrected chi connectivity index (χ3v) is 5.13. The number of hydrogen-bond donors (Lipinski definition) is 2. The van der Waals surface area contributed by atoms with Crippen LogP contribution in [0.4, 0.5) is 5.82 Å². The first-order chi connectivity index (χ1) is 13.7. The molecule has 0 aliphatic carbocycles. The fourth-order valence-corrected chi connectivity index (χ4v) is 3.69. The average Bonchev–Trinajstić information content (AvgIpc) is 3.31. The molecule has 1 aliphatic rings. The van der Waals surface area contributed by atoms with Gasteiger partial charge in [-0.1, -0.05) is 11.6 Å². The molecule has 28 heavy (non-hydrogen) atoms. The second kappa shape index (κ2) is 6.69. The highest BCUT2D eigenvalue weighted by Crippen LogP contribution is 2.27. The first-order valence-corrected chi connectivity index (χ1v) is 9.36. The Bertz CT molecular complexity index is 1160. The van der Waals surface area contributed by atoms with Gasteiger partial charge >= 0.3 is 0 Å². The van der Waals surface area contributed by atoms with E-state index in [1.54, 1.807) is 12.4 Å². The molecule has 0 bridgehead atoms. The van der Waals surface area contributed by atoms with Crippen molar-refractivity contribution >= 4 is 16.7 Å². The van der Waals surface area contributed by atoms with Gasteiger partial charge in [0.05, 0.1) is 23.4 Å². The van der Waals surface area contributed by atoms with Crippen LogP contribution in [0.2, 0.25) is 0 Å². The van der Waals surface area contributed by atoms with Crippen molar-refractivity contribution < 1.29 is 0 Å². The fraction of sp³-hybridized carbons (Fsp3) is 0.238. The van der Waals surface area contributed by atoms with Gasteiger partial charge in [0.2, 0.25) is 0 Å². The minimum absolute atomic E-state index is 0.611. The van der Waals surface area contributed by atoms with Crippen molar-refractivity contribution in [2.45, 2.75) is 26.6 Å². The third-order valence-electron chi connectivity index (χ3n) is 5.13. The van der Waals surface area contributed by atoms with Gasteiger partial charge in [0.1, 0.15) is 5.82 Å². The van der Waals surface area contributed by atoms with Crippen molar-refractivity contribution in [3.8, 4) is 11.4 Å². The molecule has 1 aliphatic heterocycles. The standard InChI is InChI=1S/C21H21N7/c1-13-3-4-19-15(9-13)18(27-28(19)2)12-24-21-16-10-23-11-17(16)25-20(26-21)14-5-7-22-8-6-14/h3-9,23H,10-12H2,1-2H3,(H,24,25,26). The van der Waals surface area contributed by atoms with Gasteiger partial charge in [0.25, 0.3) is 0 Å². The van der Waals surface area contributed by atoms with E-state index in [1.165, 1.54) is 10.9 Å². The summed E-state index contributed by atoms with van der Waals surface area (Å²) in [6.45, 7) is 4.25. The Kier molecular flexibility index (Phi) is 4.02. The molecule has 5 rings (SSSR count). The lowest BCUT2D eigenvalue weighted by atomic mass is 10.1. The van der Waals surface area contributed by atoms with Crippen LogP contribution in [-0.2, 0) is 26.7 Å². The Morgan fingerprint density at radius 3 is 2.82 bits per heavy atom. The first-order valence-electron chi connectivity index (χ1n) is 9.36. The highest BCUT2D eigenvalue weighted by molar-refractivity contribution is 5.83. The van der Waals surface area contributed by atoms with Crippen LogP contribution in [0.1, 0.15) is 22.5 Å². The van der Waals surface area contributed by atoms with Gasteiger partial charge in [-0.3, -0.25) is 9.67 Å². The van der Waals surface area contributed by atoms with Crippen LogP contribution < -0.4 is 10.6 Å². The van der Waals surface area contributed by atoms with Crippen LogP contribution in [0.5, 0.6) is 0 Å². The minimum atomic E-state index is 0.611. The lowest BCUT2D eigenvalue weighted by Gasteiger charge is -2.11. The van der Waals surface area contributed by atoms with Crippen LogP contribution in [0.15, 0.2) is 42.7 Å². The molecule has 0 radical (unpaired) electrons. The Morgan fingerprint density at radius 1 is 1.11 bits per heavy atom. The zero-order valence-corrected chi connectivity index (χ0v) is 15.9. The number of aryl methyl sites for hydroxylation is 2. The molecule has 7 heteroatoms. The summed E-state index contributed by atoms with van der Waals surface area (Å²) < 4.78 is 1.93. The summed E-state index contributed by atoms with van der Waals surface area (Å²) in [6.07, 6.45) is 3.53. The van der Waals surface area contributed by atoms with Gasteiger partial charge in [-0.05, 0) is 31.2 Å². The SMILES string of the molecule is Cc1ccc2c(c1)c(CNc1nc(-c3ccncc3)nc3c1CNC3)nn2C. The van der Waals surface area contributed by atoms with E-state index >= 15 is 0 Å². The zero-order valence-electron chi connectivity index (χ0n) is 15.9. The largest absolute Gasteiger partial charge is 0.364 e. The maximum Gasteiger partial charge on any atom is 0.161 e. The number of anilines is 1. The van der Waals surface area contributed by atoms with Crippen molar-refractivity contribution in [1.82, 2.24) is 30.0 Å². The molecular formula is C21H21N7. The van der Waals surface area contributed by atoms with Gasteiger partial charge in [-0.2, -0.15) is 5.10 Å². The van der Waals surface area contributed by atoms with E-state index in [0.29, 0.717) is 12.4 Å². The lowest BCUT2D eigenvalue weighted by molar-refractivity contribution is 0.757. The quantitative estimate of drug-likeness (QED) is 0.574. The highest BCUT2D eigenvalue weighted by Gasteiger charge is 2.20. The molecule has 0 fully saturated rings. The van der Waals surface area contributed by atoms with Crippen LogP contribution in [0.25, 0.3) is 22.3 Å². The van der Waals surface area contributed by atoms with Crippen LogP contribution >= 0.6 is 0 Å².